The summed E-state index contributed by atoms with van der Waals surface area (Å²) in [6.45, 7) is 2.08. The summed E-state index contributed by atoms with van der Waals surface area (Å²) in [7, 11) is 0. The molecule has 1 heteroatoms. The third-order valence-electron chi connectivity index (χ3n) is 4.55. The zero-order valence-corrected chi connectivity index (χ0v) is 13.7. The topological polar surface area (TPSA) is 12.4 Å². The Bertz CT molecular complexity index is 851. The highest BCUT2D eigenvalue weighted by Gasteiger charge is 2.41. The minimum Gasteiger partial charge on any atom is -0.269 e. The molecule has 1 nitrogen and oxygen atoms in total. The molecular weight excluding hydrogens is 290 g/mol. The molecule has 0 atom stereocenters. The van der Waals surface area contributed by atoms with E-state index in [9.17, 15) is 0 Å². The minimum atomic E-state index is -0.478. The molecule has 0 radical (unpaired) electrons. The first-order valence-electron chi connectivity index (χ1n) is 8.26. The highest BCUT2D eigenvalue weighted by molar-refractivity contribution is 6.06. The Labute approximate surface area is 143 Å². The van der Waals surface area contributed by atoms with Crippen molar-refractivity contribution in [1.29, 1.82) is 0 Å². The van der Waals surface area contributed by atoms with Crippen molar-refractivity contribution in [3.8, 4) is 0 Å². The number of nitrogens with zero attached hydrogens (tertiary/aromatic N) is 1. The van der Waals surface area contributed by atoms with Crippen LogP contribution in [0.5, 0.6) is 0 Å². The fraction of sp³-hybridized carbons (Fsp3) is 0.0870. The van der Waals surface area contributed by atoms with Gasteiger partial charge in [-0.1, -0.05) is 91.0 Å². The smallest absolute Gasteiger partial charge is 0.137 e. The molecule has 3 aromatic carbocycles. The van der Waals surface area contributed by atoms with Crippen LogP contribution >= 0.6 is 0 Å². The van der Waals surface area contributed by atoms with Crippen LogP contribution in [0.25, 0.3) is 5.57 Å². The van der Waals surface area contributed by atoms with Crippen LogP contribution in [0.1, 0.15) is 23.6 Å². The molecule has 0 amide bonds. The molecule has 1 aliphatic rings. The van der Waals surface area contributed by atoms with Gasteiger partial charge in [-0.3, -0.25) is 4.99 Å². The average Bonchev–Trinajstić information content (AvgIpc) is 3.02. The van der Waals surface area contributed by atoms with Crippen LogP contribution in [-0.2, 0) is 5.54 Å². The lowest BCUT2D eigenvalue weighted by Crippen LogP contribution is -2.25. The Morgan fingerprint density at radius 3 is 1.58 bits per heavy atom. The van der Waals surface area contributed by atoms with Gasteiger partial charge < -0.3 is 0 Å². The molecule has 0 saturated heterocycles. The van der Waals surface area contributed by atoms with Crippen molar-refractivity contribution in [2.24, 2.45) is 4.99 Å². The average molecular weight is 309 g/mol. The molecule has 0 saturated carbocycles. The summed E-state index contributed by atoms with van der Waals surface area (Å²) in [4.78, 5) is 5.14. The Kier molecular flexibility index (Phi) is 3.62. The van der Waals surface area contributed by atoms with Crippen molar-refractivity contribution < 1.29 is 0 Å². The fourth-order valence-electron chi connectivity index (χ4n) is 3.55. The van der Waals surface area contributed by atoms with E-state index in [1.807, 2.05) is 0 Å². The first kappa shape index (κ1) is 14.6. The molecule has 1 aliphatic heterocycles. The van der Waals surface area contributed by atoms with Crippen LogP contribution in [0, 0.1) is 0 Å². The highest BCUT2D eigenvalue weighted by Crippen LogP contribution is 2.48. The molecule has 3 aromatic rings. The van der Waals surface area contributed by atoms with E-state index in [-0.39, 0.29) is 0 Å². The second kappa shape index (κ2) is 5.93. The molecule has 0 spiro atoms. The number of hydrogen-bond acceptors (Lipinski definition) is 1. The van der Waals surface area contributed by atoms with Gasteiger partial charge in [0.25, 0.3) is 0 Å². The van der Waals surface area contributed by atoms with Gasteiger partial charge in [-0.2, -0.15) is 0 Å². The number of hydrogen-bond donors (Lipinski definition) is 0. The molecule has 0 bridgehead atoms. The molecule has 116 valence electrons. The summed E-state index contributed by atoms with van der Waals surface area (Å²) in [5, 5.41) is 0. The van der Waals surface area contributed by atoms with E-state index in [4.69, 9.17) is 4.99 Å². The van der Waals surface area contributed by atoms with Crippen LogP contribution in [0.3, 0.4) is 0 Å². The van der Waals surface area contributed by atoms with Gasteiger partial charge in [-0.25, -0.2) is 0 Å². The minimum absolute atomic E-state index is 0.478. The van der Waals surface area contributed by atoms with Crippen molar-refractivity contribution in [2.45, 2.75) is 12.5 Å². The summed E-state index contributed by atoms with van der Waals surface area (Å²) in [6.07, 6.45) is 2.22. The van der Waals surface area contributed by atoms with Crippen molar-refractivity contribution >= 4 is 11.3 Å². The van der Waals surface area contributed by atoms with Crippen LogP contribution in [-0.4, -0.2) is 5.71 Å². The largest absolute Gasteiger partial charge is 0.269 e. The maximum absolute atomic E-state index is 5.14. The molecule has 0 N–H and O–H groups in total. The molecule has 4 rings (SSSR count). The van der Waals surface area contributed by atoms with Crippen molar-refractivity contribution in [2.75, 3.05) is 0 Å². The van der Waals surface area contributed by atoms with Crippen LogP contribution in [0.4, 0.5) is 0 Å². The summed E-state index contributed by atoms with van der Waals surface area (Å²) in [5.41, 5.74) is 5.42. The third-order valence-corrected chi connectivity index (χ3v) is 4.55. The molecule has 24 heavy (non-hydrogen) atoms. The van der Waals surface area contributed by atoms with Gasteiger partial charge in [-0.15, -0.1) is 0 Å². The van der Waals surface area contributed by atoms with E-state index in [0.717, 1.165) is 5.71 Å². The standard InChI is InChI=1S/C23H19N/c1-18-17-22(19-11-5-2-6-12-19)23(24-18,20-13-7-3-8-14-20)21-15-9-4-10-16-21/h2-17H,1H3. The highest BCUT2D eigenvalue weighted by atomic mass is 14.9. The summed E-state index contributed by atoms with van der Waals surface area (Å²) >= 11 is 0. The monoisotopic (exact) mass is 309 g/mol. The van der Waals surface area contributed by atoms with E-state index >= 15 is 0 Å². The Balaban J connectivity index is 2.02. The lowest BCUT2D eigenvalue weighted by Gasteiger charge is -2.31. The molecule has 0 aromatic heterocycles. The molecule has 0 aliphatic carbocycles. The van der Waals surface area contributed by atoms with E-state index in [2.05, 4.69) is 104 Å². The van der Waals surface area contributed by atoms with E-state index in [1.165, 1.54) is 22.3 Å². The predicted molar refractivity (Wildman–Crippen MR) is 101 cm³/mol. The van der Waals surface area contributed by atoms with Crippen LogP contribution in [0.15, 0.2) is 102 Å². The van der Waals surface area contributed by atoms with E-state index < -0.39 is 5.54 Å². The first-order valence-corrected chi connectivity index (χ1v) is 8.26. The van der Waals surface area contributed by atoms with E-state index in [0.29, 0.717) is 0 Å². The zero-order valence-electron chi connectivity index (χ0n) is 13.7. The SMILES string of the molecule is CC1=NC(c2ccccc2)(c2ccccc2)C(c2ccccc2)=C1. The molecule has 0 fully saturated rings. The Morgan fingerprint density at radius 2 is 1.08 bits per heavy atom. The number of allylic oxidation sites excluding steroid dienone is 1. The van der Waals surface area contributed by atoms with Gasteiger partial charge in [0, 0.05) is 5.71 Å². The van der Waals surface area contributed by atoms with Crippen LogP contribution in [0.2, 0.25) is 0 Å². The van der Waals surface area contributed by atoms with Crippen LogP contribution < -0.4 is 0 Å². The third kappa shape index (κ3) is 2.30. The summed E-state index contributed by atoms with van der Waals surface area (Å²) in [5.74, 6) is 0. The maximum Gasteiger partial charge on any atom is 0.137 e. The lowest BCUT2D eigenvalue weighted by molar-refractivity contribution is 0.718. The summed E-state index contributed by atoms with van der Waals surface area (Å²) < 4.78 is 0. The first-order chi connectivity index (χ1) is 11.8. The zero-order chi connectivity index (χ0) is 16.4. The lowest BCUT2D eigenvalue weighted by atomic mass is 9.75. The normalized spacial score (nSPS) is 15.7. The maximum atomic E-state index is 5.14. The Hall–Kier alpha value is -2.93. The van der Waals surface area contributed by atoms with Crippen molar-refractivity contribution in [3.05, 3.63) is 114 Å². The Morgan fingerprint density at radius 1 is 0.625 bits per heavy atom. The quantitative estimate of drug-likeness (QED) is 0.607. The molecule has 0 unspecified atom stereocenters. The fourth-order valence-corrected chi connectivity index (χ4v) is 3.55. The molecule has 1 heterocycles. The number of aliphatic imine (C=N–C) groups is 1. The number of rotatable bonds is 3. The predicted octanol–water partition coefficient (Wildman–Crippen LogP) is 5.49. The van der Waals surface area contributed by atoms with Gasteiger partial charge >= 0.3 is 0 Å². The van der Waals surface area contributed by atoms with Gasteiger partial charge in [0.1, 0.15) is 5.54 Å². The van der Waals surface area contributed by atoms with Gasteiger partial charge in [0.2, 0.25) is 0 Å². The number of benzene rings is 3. The second-order valence-electron chi connectivity index (χ2n) is 6.12. The van der Waals surface area contributed by atoms with E-state index in [1.54, 1.807) is 0 Å². The van der Waals surface area contributed by atoms with Crippen molar-refractivity contribution in [1.82, 2.24) is 0 Å². The molecular formula is C23H19N. The van der Waals surface area contributed by atoms with Gasteiger partial charge in [-0.05, 0) is 35.3 Å². The van der Waals surface area contributed by atoms with Gasteiger partial charge in [0.15, 0.2) is 0 Å². The van der Waals surface area contributed by atoms with Gasteiger partial charge in [0.05, 0.1) is 0 Å². The van der Waals surface area contributed by atoms with Crippen molar-refractivity contribution in [3.63, 3.8) is 0 Å². The second-order valence-corrected chi connectivity index (χ2v) is 6.12. The summed E-state index contributed by atoms with van der Waals surface area (Å²) in [6, 6.07) is 31.7.